The van der Waals surface area contributed by atoms with Gasteiger partial charge in [-0.05, 0) is 48.7 Å². The van der Waals surface area contributed by atoms with Crippen molar-refractivity contribution in [3.05, 3.63) is 64.4 Å². The molecule has 0 bridgehead atoms. The largest absolute Gasteiger partial charge is 0.342 e. The Morgan fingerprint density at radius 2 is 1.76 bits per heavy atom. The lowest BCUT2D eigenvalue weighted by atomic mass is 10.1. The van der Waals surface area contributed by atoms with Crippen molar-refractivity contribution in [2.24, 2.45) is 0 Å². The van der Waals surface area contributed by atoms with Crippen LogP contribution < -0.4 is 0 Å². The van der Waals surface area contributed by atoms with E-state index in [1.165, 1.54) is 5.56 Å². The van der Waals surface area contributed by atoms with Crippen LogP contribution in [0.2, 0.25) is 0 Å². The fraction of sp³-hybridized carbons (Fsp3) is 0.294. The van der Waals surface area contributed by atoms with Gasteiger partial charge < -0.3 is 4.90 Å². The molecular formula is C17H19BrN2O. The predicted octanol–water partition coefficient (Wildman–Crippen LogP) is 3.48. The molecule has 1 amide bonds. The molecule has 110 valence electrons. The summed E-state index contributed by atoms with van der Waals surface area (Å²) < 4.78 is 1.03. The molecule has 0 saturated heterocycles. The molecule has 1 aromatic carbocycles. The molecule has 4 heteroatoms. The summed E-state index contributed by atoms with van der Waals surface area (Å²) in [7, 11) is 0. The molecule has 0 aliphatic rings. The topological polar surface area (TPSA) is 33.2 Å². The minimum atomic E-state index is 0.175. The minimum absolute atomic E-state index is 0.175. The van der Waals surface area contributed by atoms with Crippen molar-refractivity contribution in [3.8, 4) is 0 Å². The Hall–Kier alpha value is -1.68. The Labute approximate surface area is 134 Å². The highest BCUT2D eigenvalue weighted by Crippen LogP contribution is 2.12. The van der Waals surface area contributed by atoms with Gasteiger partial charge in [-0.1, -0.05) is 28.1 Å². The van der Waals surface area contributed by atoms with E-state index in [2.05, 4.69) is 20.9 Å². The Balaban J connectivity index is 1.90. The third-order valence-corrected chi connectivity index (χ3v) is 3.95. The number of nitrogens with zero attached hydrogens (tertiary/aromatic N) is 2. The highest BCUT2D eigenvalue weighted by molar-refractivity contribution is 9.10. The Kier molecular flexibility index (Phi) is 5.93. The third-order valence-electron chi connectivity index (χ3n) is 3.42. The Morgan fingerprint density at radius 3 is 2.38 bits per heavy atom. The van der Waals surface area contributed by atoms with E-state index in [-0.39, 0.29) is 5.91 Å². The fourth-order valence-electron chi connectivity index (χ4n) is 2.16. The first-order valence-corrected chi connectivity index (χ1v) is 7.89. The van der Waals surface area contributed by atoms with Crippen LogP contribution in [0.5, 0.6) is 0 Å². The summed E-state index contributed by atoms with van der Waals surface area (Å²) in [6.45, 7) is 3.50. The van der Waals surface area contributed by atoms with Crippen molar-refractivity contribution in [2.45, 2.75) is 19.8 Å². The first kappa shape index (κ1) is 15.7. The summed E-state index contributed by atoms with van der Waals surface area (Å²) in [6.07, 6.45) is 4.89. The molecule has 2 rings (SSSR count). The van der Waals surface area contributed by atoms with Gasteiger partial charge >= 0.3 is 0 Å². The molecule has 0 unspecified atom stereocenters. The molecule has 0 atom stereocenters. The molecule has 1 aromatic heterocycles. The average molecular weight is 347 g/mol. The van der Waals surface area contributed by atoms with E-state index in [9.17, 15) is 4.79 Å². The smallest absolute Gasteiger partial charge is 0.226 e. The molecule has 0 N–H and O–H groups in total. The van der Waals surface area contributed by atoms with Gasteiger partial charge in [-0.3, -0.25) is 9.78 Å². The number of pyridine rings is 1. The van der Waals surface area contributed by atoms with Crippen LogP contribution in [-0.2, 0) is 17.6 Å². The zero-order valence-corrected chi connectivity index (χ0v) is 13.7. The number of rotatable bonds is 6. The number of halogens is 1. The molecule has 0 fully saturated rings. The first-order chi connectivity index (χ1) is 10.2. The van der Waals surface area contributed by atoms with Gasteiger partial charge in [-0.25, -0.2) is 0 Å². The van der Waals surface area contributed by atoms with Gasteiger partial charge in [0.25, 0.3) is 0 Å². The molecule has 0 saturated carbocycles. The van der Waals surface area contributed by atoms with Gasteiger partial charge in [0.2, 0.25) is 5.91 Å². The Bertz CT molecular complexity index is 569. The zero-order valence-electron chi connectivity index (χ0n) is 12.1. The van der Waals surface area contributed by atoms with Gasteiger partial charge in [0.15, 0.2) is 0 Å². The third kappa shape index (κ3) is 4.97. The Morgan fingerprint density at radius 1 is 1.10 bits per heavy atom. The second kappa shape index (κ2) is 7.93. The summed E-state index contributed by atoms with van der Waals surface area (Å²) in [5.41, 5.74) is 2.26. The van der Waals surface area contributed by atoms with E-state index >= 15 is 0 Å². The zero-order chi connectivity index (χ0) is 15.1. The van der Waals surface area contributed by atoms with Crippen molar-refractivity contribution in [1.82, 2.24) is 9.88 Å². The van der Waals surface area contributed by atoms with E-state index in [0.29, 0.717) is 6.42 Å². The maximum atomic E-state index is 12.4. The lowest BCUT2D eigenvalue weighted by molar-refractivity contribution is -0.130. The van der Waals surface area contributed by atoms with Crippen LogP contribution in [0.15, 0.2) is 53.3 Å². The fourth-order valence-corrected chi connectivity index (χ4v) is 2.43. The highest BCUT2D eigenvalue weighted by atomic mass is 79.9. The van der Waals surface area contributed by atoms with Crippen LogP contribution in [0, 0.1) is 0 Å². The number of carbonyl (C=O) groups excluding carboxylic acids is 1. The molecule has 21 heavy (non-hydrogen) atoms. The van der Waals surface area contributed by atoms with Crippen LogP contribution in [-0.4, -0.2) is 28.9 Å². The predicted molar refractivity (Wildman–Crippen MR) is 88.0 cm³/mol. The van der Waals surface area contributed by atoms with Gasteiger partial charge in [-0.15, -0.1) is 0 Å². The molecule has 0 aliphatic carbocycles. The van der Waals surface area contributed by atoms with Crippen molar-refractivity contribution < 1.29 is 4.79 Å². The minimum Gasteiger partial charge on any atom is -0.342 e. The van der Waals surface area contributed by atoms with Crippen LogP contribution in [0.25, 0.3) is 0 Å². The number of amides is 1. The van der Waals surface area contributed by atoms with Gasteiger partial charge in [-0.2, -0.15) is 0 Å². The van der Waals surface area contributed by atoms with E-state index in [1.807, 2.05) is 48.2 Å². The molecule has 2 aromatic rings. The molecule has 0 radical (unpaired) electrons. The average Bonchev–Trinajstić information content (AvgIpc) is 2.51. The second-order valence-electron chi connectivity index (χ2n) is 4.88. The number of likely N-dealkylation sites (N-methyl/N-ethyl adjacent to an activating group) is 1. The maximum Gasteiger partial charge on any atom is 0.226 e. The van der Waals surface area contributed by atoms with Crippen LogP contribution in [0.3, 0.4) is 0 Å². The van der Waals surface area contributed by atoms with E-state index in [4.69, 9.17) is 0 Å². The SMILES string of the molecule is CCN(CCc1ccncc1)C(=O)Cc1ccc(Br)cc1. The summed E-state index contributed by atoms with van der Waals surface area (Å²) in [5.74, 6) is 0.175. The normalized spacial score (nSPS) is 10.4. The summed E-state index contributed by atoms with van der Waals surface area (Å²) in [6, 6.07) is 11.9. The summed E-state index contributed by atoms with van der Waals surface area (Å²) in [4.78, 5) is 18.3. The number of hydrogen-bond donors (Lipinski definition) is 0. The van der Waals surface area contributed by atoms with E-state index in [0.717, 1.165) is 29.5 Å². The molecular weight excluding hydrogens is 328 g/mol. The summed E-state index contributed by atoms with van der Waals surface area (Å²) >= 11 is 3.40. The molecule has 0 aliphatic heterocycles. The van der Waals surface area contributed by atoms with Gasteiger partial charge in [0, 0.05) is 30.0 Å². The molecule has 0 spiro atoms. The highest BCUT2D eigenvalue weighted by Gasteiger charge is 2.12. The van der Waals surface area contributed by atoms with E-state index in [1.54, 1.807) is 12.4 Å². The van der Waals surface area contributed by atoms with Gasteiger partial charge in [0.05, 0.1) is 6.42 Å². The number of benzene rings is 1. The quantitative estimate of drug-likeness (QED) is 0.802. The standard InChI is InChI=1S/C17H19BrN2O/c1-2-20(12-9-14-7-10-19-11-8-14)17(21)13-15-3-5-16(18)6-4-15/h3-8,10-11H,2,9,12-13H2,1H3. The monoisotopic (exact) mass is 346 g/mol. The van der Waals surface area contributed by atoms with Crippen molar-refractivity contribution in [3.63, 3.8) is 0 Å². The van der Waals surface area contributed by atoms with Gasteiger partial charge in [0.1, 0.15) is 0 Å². The lowest BCUT2D eigenvalue weighted by Gasteiger charge is -2.21. The van der Waals surface area contributed by atoms with E-state index < -0.39 is 0 Å². The maximum absolute atomic E-state index is 12.4. The van der Waals surface area contributed by atoms with Crippen molar-refractivity contribution in [1.29, 1.82) is 0 Å². The van der Waals surface area contributed by atoms with Crippen molar-refractivity contribution in [2.75, 3.05) is 13.1 Å². The molecule has 1 heterocycles. The van der Waals surface area contributed by atoms with Crippen molar-refractivity contribution >= 4 is 21.8 Å². The first-order valence-electron chi connectivity index (χ1n) is 7.10. The van der Waals surface area contributed by atoms with Crippen LogP contribution in [0.1, 0.15) is 18.1 Å². The number of hydrogen-bond acceptors (Lipinski definition) is 2. The lowest BCUT2D eigenvalue weighted by Crippen LogP contribution is -2.33. The number of carbonyl (C=O) groups is 1. The van der Waals surface area contributed by atoms with Crippen LogP contribution in [0.4, 0.5) is 0 Å². The second-order valence-corrected chi connectivity index (χ2v) is 5.80. The summed E-state index contributed by atoms with van der Waals surface area (Å²) in [5, 5.41) is 0. The van der Waals surface area contributed by atoms with Crippen LogP contribution >= 0.6 is 15.9 Å². The molecule has 3 nitrogen and oxygen atoms in total. The number of aromatic nitrogens is 1.